The minimum absolute atomic E-state index is 0.0369. The Morgan fingerprint density at radius 2 is 1.88 bits per heavy atom. The van der Waals surface area contributed by atoms with E-state index >= 15 is 0 Å². The Kier molecular flexibility index (Phi) is 6.75. The molecule has 0 bridgehead atoms. The SMILES string of the molecule is N#C/C(=C\c1ccccc1I)C(=O)Nc1ccc(SC(F)F)cc1. The number of nitrogens with one attached hydrogen (secondary N) is 1. The van der Waals surface area contributed by atoms with Crippen LogP contribution in [0.2, 0.25) is 0 Å². The summed E-state index contributed by atoms with van der Waals surface area (Å²) in [4.78, 5) is 12.6. The van der Waals surface area contributed by atoms with Crippen molar-refractivity contribution in [2.45, 2.75) is 10.7 Å². The van der Waals surface area contributed by atoms with E-state index in [0.29, 0.717) is 22.3 Å². The molecule has 0 saturated carbocycles. The van der Waals surface area contributed by atoms with Gasteiger partial charge in [0.25, 0.3) is 11.7 Å². The maximum atomic E-state index is 12.3. The number of hydrogen-bond acceptors (Lipinski definition) is 3. The van der Waals surface area contributed by atoms with Crippen LogP contribution >= 0.6 is 34.4 Å². The van der Waals surface area contributed by atoms with Crippen molar-refractivity contribution in [1.29, 1.82) is 5.26 Å². The van der Waals surface area contributed by atoms with E-state index in [1.165, 1.54) is 30.3 Å². The fourth-order valence-electron chi connectivity index (χ4n) is 1.81. The standard InChI is InChI=1S/C17H11F2IN2OS/c18-17(19)24-14-7-5-13(6-8-14)22-16(23)12(10-21)9-11-3-1-2-4-15(11)20/h1-9,17H,(H,22,23)/b12-9+. The van der Waals surface area contributed by atoms with Crippen LogP contribution in [0, 0.1) is 14.9 Å². The number of carbonyl (C=O) groups excluding carboxylic acids is 1. The Morgan fingerprint density at radius 1 is 1.21 bits per heavy atom. The molecule has 7 heteroatoms. The number of halogens is 3. The molecule has 0 aliphatic heterocycles. The summed E-state index contributed by atoms with van der Waals surface area (Å²) in [6.45, 7) is 0. The summed E-state index contributed by atoms with van der Waals surface area (Å²) >= 11 is 2.55. The fourth-order valence-corrected chi connectivity index (χ4v) is 2.86. The molecule has 0 spiro atoms. The number of thioether (sulfide) groups is 1. The summed E-state index contributed by atoms with van der Waals surface area (Å²) in [5, 5.41) is 11.8. The molecular weight excluding hydrogens is 445 g/mol. The van der Waals surface area contributed by atoms with Gasteiger partial charge in [-0.05, 0) is 64.6 Å². The van der Waals surface area contributed by atoms with Gasteiger partial charge in [0.1, 0.15) is 11.6 Å². The predicted octanol–water partition coefficient (Wildman–Crippen LogP) is 5.15. The highest BCUT2D eigenvalue weighted by molar-refractivity contribution is 14.1. The highest BCUT2D eigenvalue weighted by Crippen LogP contribution is 2.26. The van der Waals surface area contributed by atoms with Crippen LogP contribution in [0.4, 0.5) is 14.5 Å². The van der Waals surface area contributed by atoms with Gasteiger partial charge in [-0.1, -0.05) is 30.0 Å². The van der Waals surface area contributed by atoms with Crippen LogP contribution in [0.25, 0.3) is 6.08 Å². The average molecular weight is 456 g/mol. The van der Waals surface area contributed by atoms with Crippen molar-refractivity contribution in [3.8, 4) is 6.07 Å². The van der Waals surface area contributed by atoms with E-state index in [9.17, 15) is 18.8 Å². The lowest BCUT2D eigenvalue weighted by atomic mass is 10.1. The number of benzene rings is 2. The van der Waals surface area contributed by atoms with Crippen molar-refractivity contribution in [2.75, 3.05) is 5.32 Å². The minimum atomic E-state index is -2.49. The highest BCUT2D eigenvalue weighted by atomic mass is 127. The first-order chi connectivity index (χ1) is 11.5. The topological polar surface area (TPSA) is 52.9 Å². The van der Waals surface area contributed by atoms with E-state index < -0.39 is 11.7 Å². The van der Waals surface area contributed by atoms with Crippen LogP contribution in [0.1, 0.15) is 5.56 Å². The van der Waals surface area contributed by atoms with Gasteiger partial charge in [0.05, 0.1) is 0 Å². The van der Waals surface area contributed by atoms with Gasteiger partial charge in [0, 0.05) is 14.2 Å². The minimum Gasteiger partial charge on any atom is -0.321 e. The zero-order chi connectivity index (χ0) is 17.5. The Bertz CT molecular complexity index is 801. The lowest BCUT2D eigenvalue weighted by Crippen LogP contribution is -2.13. The number of hydrogen-bond donors (Lipinski definition) is 1. The largest absolute Gasteiger partial charge is 0.321 e. The quantitative estimate of drug-likeness (QED) is 0.293. The van der Waals surface area contributed by atoms with Gasteiger partial charge in [-0.3, -0.25) is 4.79 Å². The van der Waals surface area contributed by atoms with Crippen molar-refractivity contribution < 1.29 is 13.6 Å². The third-order valence-corrected chi connectivity index (χ3v) is 4.61. The molecule has 0 aliphatic carbocycles. The number of anilines is 1. The molecule has 0 heterocycles. The van der Waals surface area contributed by atoms with Crippen LogP contribution in [0.3, 0.4) is 0 Å². The van der Waals surface area contributed by atoms with Crippen LogP contribution in [0.5, 0.6) is 0 Å². The molecule has 0 atom stereocenters. The van der Waals surface area contributed by atoms with Crippen LogP contribution in [0.15, 0.2) is 59.0 Å². The summed E-state index contributed by atoms with van der Waals surface area (Å²) in [5.41, 5.74) is 1.17. The maximum absolute atomic E-state index is 12.3. The molecular formula is C17H11F2IN2OS. The Morgan fingerprint density at radius 3 is 2.46 bits per heavy atom. The normalized spacial score (nSPS) is 11.2. The number of nitrogens with zero attached hydrogens (tertiary/aromatic N) is 1. The van der Waals surface area contributed by atoms with E-state index in [0.717, 1.165) is 9.13 Å². The number of carbonyl (C=O) groups is 1. The monoisotopic (exact) mass is 456 g/mol. The average Bonchev–Trinajstić information content (AvgIpc) is 2.55. The lowest BCUT2D eigenvalue weighted by Gasteiger charge is -2.06. The Hall–Kier alpha value is -1.92. The van der Waals surface area contributed by atoms with Gasteiger partial charge in [0.2, 0.25) is 0 Å². The molecule has 122 valence electrons. The second-order valence-electron chi connectivity index (χ2n) is 4.55. The first-order valence-electron chi connectivity index (χ1n) is 6.72. The van der Waals surface area contributed by atoms with Gasteiger partial charge in [-0.2, -0.15) is 14.0 Å². The summed E-state index contributed by atoms with van der Waals surface area (Å²) in [7, 11) is 0. The summed E-state index contributed by atoms with van der Waals surface area (Å²) < 4.78 is 25.5. The summed E-state index contributed by atoms with van der Waals surface area (Å²) in [6.07, 6.45) is 1.51. The van der Waals surface area contributed by atoms with Gasteiger partial charge < -0.3 is 5.32 Å². The van der Waals surface area contributed by atoms with Crippen LogP contribution in [-0.2, 0) is 4.79 Å². The summed E-state index contributed by atoms with van der Waals surface area (Å²) in [5.74, 6) is -3.04. The van der Waals surface area contributed by atoms with Crippen molar-refractivity contribution in [3.05, 3.63) is 63.2 Å². The molecule has 3 nitrogen and oxygen atoms in total. The molecule has 0 aromatic heterocycles. The second-order valence-corrected chi connectivity index (χ2v) is 6.77. The third-order valence-electron chi connectivity index (χ3n) is 2.91. The number of rotatable bonds is 5. The molecule has 1 N–H and O–H groups in total. The lowest BCUT2D eigenvalue weighted by molar-refractivity contribution is -0.112. The summed E-state index contributed by atoms with van der Waals surface area (Å²) in [6, 6.07) is 15.3. The molecule has 0 saturated heterocycles. The van der Waals surface area contributed by atoms with Crippen molar-refractivity contribution in [3.63, 3.8) is 0 Å². The maximum Gasteiger partial charge on any atom is 0.288 e. The third kappa shape index (κ3) is 5.32. The molecule has 0 aliphatic rings. The van der Waals surface area contributed by atoms with E-state index in [1.54, 1.807) is 0 Å². The number of amides is 1. The molecule has 0 unspecified atom stereocenters. The highest BCUT2D eigenvalue weighted by Gasteiger charge is 2.11. The van der Waals surface area contributed by atoms with Gasteiger partial charge in [-0.25, -0.2) is 0 Å². The van der Waals surface area contributed by atoms with E-state index in [1.807, 2.05) is 30.3 Å². The number of nitriles is 1. The van der Waals surface area contributed by atoms with Crippen molar-refractivity contribution in [1.82, 2.24) is 0 Å². The first-order valence-corrected chi connectivity index (χ1v) is 8.68. The van der Waals surface area contributed by atoms with Gasteiger partial charge in [0.15, 0.2) is 0 Å². The van der Waals surface area contributed by atoms with E-state index in [-0.39, 0.29) is 5.57 Å². The molecule has 0 fully saturated rings. The Balaban J connectivity index is 2.13. The molecule has 1 amide bonds. The first kappa shape index (κ1) is 18.4. The van der Waals surface area contributed by atoms with Crippen LogP contribution < -0.4 is 5.32 Å². The molecule has 2 aromatic carbocycles. The zero-order valence-corrected chi connectivity index (χ0v) is 15.1. The molecule has 0 radical (unpaired) electrons. The van der Waals surface area contributed by atoms with Gasteiger partial charge in [-0.15, -0.1) is 0 Å². The molecule has 2 rings (SSSR count). The van der Waals surface area contributed by atoms with Crippen molar-refractivity contribution >= 4 is 52.0 Å². The second kappa shape index (κ2) is 8.80. The van der Waals surface area contributed by atoms with E-state index in [2.05, 4.69) is 27.9 Å². The molecule has 2 aromatic rings. The van der Waals surface area contributed by atoms with Crippen LogP contribution in [-0.4, -0.2) is 11.7 Å². The predicted molar refractivity (Wildman–Crippen MR) is 99.7 cm³/mol. The zero-order valence-electron chi connectivity index (χ0n) is 12.2. The smallest absolute Gasteiger partial charge is 0.288 e. The Labute approximate surface area is 155 Å². The van der Waals surface area contributed by atoms with E-state index in [4.69, 9.17) is 0 Å². The van der Waals surface area contributed by atoms with Crippen molar-refractivity contribution in [2.24, 2.45) is 0 Å². The molecule has 24 heavy (non-hydrogen) atoms. The fraction of sp³-hybridized carbons (Fsp3) is 0.0588. The number of alkyl halides is 2. The van der Waals surface area contributed by atoms with Gasteiger partial charge >= 0.3 is 0 Å².